The lowest BCUT2D eigenvalue weighted by atomic mass is 9.91. The molecule has 2 aromatic rings. The fourth-order valence-corrected chi connectivity index (χ4v) is 3.07. The molecule has 0 amide bonds. The van der Waals surface area contributed by atoms with Gasteiger partial charge in [0.1, 0.15) is 6.07 Å². The molecule has 1 fully saturated rings. The Kier molecular flexibility index (Phi) is 4.40. The highest BCUT2D eigenvalue weighted by Gasteiger charge is 2.27. The molecule has 1 saturated heterocycles. The number of piperidine rings is 1. The van der Waals surface area contributed by atoms with Crippen LogP contribution in [0.5, 0.6) is 0 Å². The minimum atomic E-state index is -0.324. The molecule has 2 unspecified atom stereocenters. The summed E-state index contributed by atoms with van der Waals surface area (Å²) in [6, 6.07) is 9.86. The molecular formula is C17H18N4O2. The summed E-state index contributed by atoms with van der Waals surface area (Å²) in [6.45, 7) is 0.826. The maximum atomic E-state index is 12.0. The number of methoxy groups -OCH3 is 1. The van der Waals surface area contributed by atoms with Gasteiger partial charge < -0.3 is 10.1 Å². The molecule has 6 heteroatoms. The number of hydrogen-bond donors (Lipinski definition) is 1. The summed E-state index contributed by atoms with van der Waals surface area (Å²) in [6.07, 6.45) is 5.10. The Balaban J connectivity index is 1.84. The standard InChI is InChI=1S/C17H18N4O2/c1-23-17(22)15-5-3-2-4-14(15)16-8-13(6-7-19-16)21-11-12(9-18)10-20-21/h2-5,10-11,13,16,19H,6-8H2,1H3. The van der Waals surface area contributed by atoms with Crippen LogP contribution in [-0.2, 0) is 4.74 Å². The van der Waals surface area contributed by atoms with E-state index in [1.54, 1.807) is 18.5 Å². The van der Waals surface area contributed by atoms with Gasteiger partial charge in [0, 0.05) is 12.2 Å². The minimum Gasteiger partial charge on any atom is -0.465 e. The van der Waals surface area contributed by atoms with Gasteiger partial charge in [-0.2, -0.15) is 10.4 Å². The predicted octanol–water partition coefficient (Wildman–Crippen LogP) is 2.21. The van der Waals surface area contributed by atoms with Gasteiger partial charge in [0.15, 0.2) is 0 Å². The number of nitrogens with zero attached hydrogens (tertiary/aromatic N) is 3. The largest absolute Gasteiger partial charge is 0.465 e. The van der Waals surface area contributed by atoms with Gasteiger partial charge in [-0.1, -0.05) is 18.2 Å². The van der Waals surface area contributed by atoms with Crippen LogP contribution in [0.4, 0.5) is 0 Å². The first-order valence-electron chi connectivity index (χ1n) is 7.58. The third-order valence-electron chi connectivity index (χ3n) is 4.22. The number of carbonyl (C=O) groups excluding carboxylic acids is 1. The lowest BCUT2D eigenvalue weighted by Crippen LogP contribution is -2.34. The molecule has 118 valence electrons. The zero-order valence-electron chi connectivity index (χ0n) is 12.9. The lowest BCUT2D eigenvalue weighted by Gasteiger charge is -2.31. The number of ether oxygens (including phenoxy) is 1. The number of nitriles is 1. The SMILES string of the molecule is COC(=O)c1ccccc1C1CC(n2cc(C#N)cn2)CCN1. The van der Waals surface area contributed by atoms with E-state index in [2.05, 4.69) is 16.5 Å². The van der Waals surface area contributed by atoms with Crippen molar-refractivity contribution in [2.75, 3.05) is 13.7 Å². The van der Waals surface area contributed by atoms with Crippen molar-refractivity contribution in [3.05, 3.63) is 53.3 Å². The number of aromatic nitrogens is 2. The van der Waals surface area contributed by atoms with Crippen molar-refractivity contribution in [1.29, 1.82) is 5.26 Å². The molecule has 1 aliphatic rings. The Bertz CT molecular complexity index is 747. The van der Waals surface area contributed by atoms with Gasteiger partial charge in [-0.25, -0.2) is 4.79 Å². The van der Waals surface area contributed by atoms with Crippen molar-refractivity contribution < 1.29 is 9.53 Å². The van der Waals surface area contributed by atoms with Crippen LogP contribution in [-0.4, -0.2) is 29.4 Å². The molecule has 2 atom stereocenters. The van der Waals surface area contributed by atoms with E-state index < -0.39 is 0 Å². The molecule has 1 aromatic heterocycles. The van der Waals surface area contributed by atoms with Crippen LogP contribution in [0.2, 0.25) is 0 Å². The Labute approximate surface area is 134 Å². The van der Waals surface area contributed by atoms with Crippen LogP contribution in [0.25, 0.3) is 0 Å². The molecule has 1 N–H and O–H groups in total. The van der Waals surface area contributed by atoms with Gasteiger partial charge in [-0.15, -0.1) is 0 Å². The van der Waals surface area contributed by atoms with E-state index in [0.717, 1.165) is 24.9 Å². The predicted molar refractivity (Wildman–Crippen MR) is 83.7 cm³/mol. The molecule has 6 nitrogen and oxygen atoms in total. The van der Waals surface area contributed by atoms with Crippen LogP contribution < -0.4 is 5.32 Å². The number of esters is 1. The van der Waals surface area contributed by atoms with Gasteiger partial charge in [0.05, 0.1) is 30.5 Å². The van der Waals surface area contributed by atoms with E-state index in [1.165, 1.54) is 7.11 Å². The highest BCUT2D eigenvalue weighted by atomic mass is 16.5. The third-order valence-corrected chi connectivity index (χ3v) is 4.22. The fraction of sp³-hybridized carbons (Fsp3) is 0.353. The van der Waals surface area contributed by atoms with Gasteiger partial charge in [-0.05, 0) is 31.0 Å². The highest BCUT2D eigenvalue weighted by Crippen LogP contribution is 2.32. The quantitative estimate of drug-likeness (QED) is 0.879. The summed E-state index contributed by atoms with van der Waals surface area (Å²) >= 11 is 0. The monoisotopic (exact) mass is 310 g/mol. The summed E-state index contributed by atoms with van der Waals surface area (Å²) in [7, 11) is 1.39. The summed E-state index contributed by atoms with van der Waals surface area (Å²) in [4.78, 5) is 12.0. The van der Waals surface area contributed by atoms with Crippen molar-refractivity contribution >= 4 is 5.97 Å². The Morgan fingerprint density at radius 1 is 1.48 bits per heavy atom. The van der Waals surface area contributed by atoms with Crippen LogP contribution in [0, 0.1) is 11.3 Å². The van der Waals surface area contributed by atoms with Gasteiger partial charge in [0.25, 0.3) is 0 Å². The summed E-state index contributed by atoms with van der Waals surface area (Å²) in [5.74, 6) is -0.324. The smallest absolute Gasteiger partial charge is 0.338 e. The van der Waals surface area contributed by atoms with Crippen molar-refractivity contribution in [3.8, 4) is 6.07 Å². The average Bonchev–Trinajstić information content (AvgIpc) is 3.10. The van der Waals surface area contributed by atoms with Crippen molar-refractivity contribution in [3.63, 3.8) is 0 Å². The maximum Gasteiger partial charge on any atom is 0.338 e. The fourth-order valence-electron chi connectivity index (χ4n) is 3.07. The number of benzene rings is 1. The van der Waals surface area contributed by atoms with Crippen LogP contribution in [0.3, 0.4) is 0 Å². The molecule has 3 rings (SSSR count). The van der Waals surface area contributed by atoms with E-state index in [0.29, 0.717) is 11.1 Å². The normalized spacial score (nSPS) is 20.7. The Morgan fingerprint density at radius 2 is 2.30 bits per heavy atom. The molecule has 1 aliphatic heterocycles. The second kappa shape index (κ2) is 6.63. The van der Waals surface area contributed by atoms with Crippen molar-refractivity contribution in [2.45, 2.75) is 24.9 Å². The van der Waals surface area contributed by atoms with E-state index in [-0.39, 0.29) is 18.1 Å². The first kappa shape index (κ1) is 15.3. The first-order chi connectivity index (χ1) is 11.2. The molecule has 2 heterocycles. The number of rotatable bonds is 3. The number of hydrogen-bond acceptors (Lipinski definition) is 5. The van der Waals surface area contributed by atoms with Gasteiger partial charge in [0.2, 0.25) is 0 Å². The first-order valence-corrected chi connectivity index (χ1v) is 7.58. The minimum absolute atomic E-state index is 0.0544. The van der Waals surface area contributed by atoms with E-state index >= 15 is 0 Å². The lowest BCUT2D eigenvalue weighted by molar-refractivity contribution is 0.0598. The molecule has 0 bridgehead atoms. The molecule has 0 spiro atoms. The van der Waals surface area contributed by atoms with Crippen LogP contribution >= 0.6 is 0 Å². The zero-order chi connectivity index (χ0) is 16.2. The topological polar surface area (TPSA) is 79.9 Å². The maximum absolute atomic E-state index is 12.0. The van der Waals surface area contributed by atoms with Gasteiger partial charge in [-0.3, -0.25) is 4.68 Å². The summed E-state index contributed by atoms with van der Waals surface area (Å²) in [5.41, 5.74) is 2.10. The average molecular weight is 310 g/mol. The van der Waals surface area contributed by atoms with Crippen LogP contribution in [0.15, 0.2) is 36.7 Å². The zero-order valence-corrected chi connectivity index (χ0v) is 12.9. The molecule has 0 radical (unpaired) electrons. The molecular weight excluding hydrogens is 292 g/mol. The number of carbonyl (C=O) groups is 1. The molecule has 1 aromatic carbocycles. The Hall–Kier alpha value is -2.65. The third kappa shape index (κ3) is 3.10. The van der Waals surface area contributed by atoms with E-state index in [9.17, 15) is 4.79 Å². The van der Waals surface area contributed by atoms with Gasteiger partial charge >= 0.3 is 5.97 Å². The van der Waals surface area contributed by atoms with E-state index in [1.807, 2.05) is 22.9 Å². The highest BCUT2D eigenvalue weighted by molar-refractivity contribution is 5.91. The van der Waals surface area contributed by atoms with Crippen molar-refractivity contribution in [2.24, 2.45) is 0 Å². The summed E-state index contributed by atoms with van der Waals surface area (Å²) < 4.78 is 6.73. The molecule has 23 heavy (non-hydrogen) atoms. The van der Waals surface area contributed by atoms with Crippen molar-refractivity contribution in [1.82, 2.24) is 15.1 Å². The van der Waals surface area contributed by atoms with Crippen LogP contribution in [0.1, 0.15) is 46.4 Å². The molecule has 0 saturated carbocycles. The van der Waals surface area contributed by atoms with E-state index in [4.69, 9.17) is 10.00 Å². The second-order valence-corrected chi connectivity index (χ2v) is 5.58. The number of nitrogens with one attached hydrogen (secondary N) is 1. The second-order valence-electron chi connectivity index (χ2n) is 5.58. The summed E-state index contributed by atoms with van der Waals surface area (Å²) in [5, 5.41) is 16.7. The molecule has 0 aliphatic carbocycles. The Morgan fingerprint density at radius 3 is 3.04 bits per heavy atom.